The van der Waals surface area contributed by atoms with Crippen molar-refractivity contribution in [3.63, 3.8) is 0 Å². The maximum atomic E-state index is 14.8. The lowest BCUT2D eigenvalue weighted by Crippen LogP contribution is -2.77. The predicted octanol–water partition coefficient (Wildman–Crippen LogP) is 3.23. The smallest absolute Gasteiger partial charge is 0.338 e. The first kappa shape index (κ1) is 37.8. The molecule has 0 radical (unpaired) electrons. The molecule has 11 atom stereocenters. The number of carbonyl (C=O) groups excluding carboxylic acids is 4. The van der Waals surface area contributed by atoms with Gasteiger partial charge in [-0.1, -0.05) is 69.3 Å². The molecule has 280 valence electrons. The third-order valence-corrected chi connectivity index (χ3v) is 12.6. The van der Waals surface area contributed by atoms with Crippen LogP contribution in [0.4, 0.5) is 0 Å². The van der Waals surface area contributed by atoms with Gasteiger partial charge in [-0.05, 0) is 42.7 Å². The summed E-state index contributed by atoms with van der Waals surface area (Å²) in [6, 6.07) is 16.1. The Morgan fingerprint density at radius 1 is 0.962 bits per heavy atom. The third-order valence-electron chi connectivity index (χ3n) is 12.6. The average Bonchev–Trinajstić information content (AvgIpc) is 3.10. The van der Waals surface area contributed by atoms with E-state index in [1.165, 1.54) is 14.0 Å². The zero-order valence-electron chi connectivity index (χ0n) is 30.6. The maximum absolute atomic E-state index is 14.8. The Labute approximate surface area is 303 Å². The van der Waals surface area contributed by atoms with Gasteiger partial charge in [0.1, 0.15) is 23.9 Å². The van der Waals surface area contributed by atoms with Crippen molar-refractivity contribution in [2.45, 2.75) is 103 Å². The van der Waals surface area contributed by atoms with E-state index in [2.05, 4.69) is 5.32 Å². The van der Waals surface area contributed by atoms with E-state index >= 15 is 0 Å². The van der Waals surface area contributed by atoms with Gasteiger partial charge in [-0.3, -0.25) is 9.59 Å². The number of fused-ring (bicyclic) bond motifs is 5. The number of hydrogen-bond donors (Lipinski definition) is 4. The van der Waals surface area contributed by atoms with Crippen LogP contribution >= 0.6 is 0 Å². The number of ketones is 1. The van der Waals surface area contributed by atoms with Crippen molar-refractivity contribution in [2.75, 3.05) is 13.7 Å². The van der Waals surface area contributed by atoms with Crippen LogP contribution < -0.4 is 5.32 Å². The number of methoxy groups -OCH3 is 1. The molecule has 1 aliphatic heterocycles. The van der Waals surface area contributed by atoms with Gasteiger partial charge in [0.05, 0.1) is 35.8 Å². The SMILES string of the molecule is CO[C@@H](C(=O)O[C@H]1C[C@@]2(O)[C@@H](OC(=O)c3ccccc3)C3C(C)(C(=O)[C@H](O)C(=C1C)C2(C)C)[C@@H](O)CC1OC[C@]13C)[C@@H](NC(C)=O)c1ccccc1. The highest BCUT2D eigenvalue weighted by atomic mass is 16.6. The first-order valence-corrected chi connectivity index (χ1v) is 17.7. The fourth-order valence-electron chi connectivity index (χ4n) is 9.57. The summed E-state index contributed by atoms with van der Waals surface area (Å²) in [5.74, 6) is -3.77. The Morgan fingerprint density at radius 2 is 1.58 bits per heavy atom. The number of nitrogens with one attached hydrogen (secondary N) is 1. The van der Waals surface area contributed by atoms with Crippen molar-refractivity contribution in [2.24, 2.45) is 22.2 Å². The average molecular weight is 720 g/mol. The van der Waals surface area contributed by atoms with Gasteiger partial charge in [0.2, 0.25) is 5.91 Å². The van der Waals surface area contributed by atoms with Gasteiger partial charge in [-0.25, -0.2) is 9.59 Å². The van der Waals surface area contributed by atoms with Crippen LogP contribution in [0, 0.1) is 22.2 Å². The van der Waals surface area contributed by atoms with E-state index in [4.69, 9.17) is 18.9 Å². The van der Waals surface area contributed by atoms with Crippen molar-refractivity contribution >= 4 is 23.6 Å². The van der Waals surface area contributed by atoms with Crippen molar-refractivity contribution < 1.29 is 53.4 Å². The molecule has 2 bridgehead atoms. The van der Waals surface area contributed by atoms with Crippen molar-refractivity contribution in [3.8, 4) is 0 Å². The molecule has 3 fully saturated rings. The van der Waals surface area contributed by atoms with Crippen LogP contribution in [0.3, 0.4) is 0 Å². The van der Waals surface area contributed by atoms with Gasteiger partial charge < -0.3 is 39.6 Å². The molecule has 1 saturated heterocycles. The van der Waals surface area contributed by atoms with Crippen LogP contribution in [0.25, 0.3) is 0 Å². The first-order chi connectivity index (χ1) is 24.4. The molecule has 4 aliphatic rings. The number of amides is 1. The molecule has 12 nitrogen and oxygen atoms in total. The number of hydrogen-bond acceptors (Lipinski definition) is 11. The minimum atomic E-state index is -2.08. The zero-order chi connectivity index (χ0) is 38.0. The van der Waals surface area contributed by atoms with E-state index in [1.807, 2.05) is 6.92 Å². The molecule has 2 aromatic carbocycles. The highest BCUT2D eigenvalue weighted by Crippen LogP contribution is 2.65. The number of esters is 2. The minimum Gasteiger partial charge on any atom is -0.456 e. The van der Waals surface area contributed by atoms with Crippen LogP contribution in [0.1, 0.15) is 76.3 Å². The molecule has 3 unspecified atom stereocenters. The molecule has 0 aromatic heterocycles. The quantitative estimate of drug-likeness (QED) is 0.233. The molecule has 0 spiro atoms. The summed E-state index contributed by atoms with van der Waals surface area (Å²) in [6.07, 6.45) is -7.85. The summed E-state index contributed by atoms with van der Waals surface area (Å²) >= 11 is 0. The summed E-state index contributed by atoms with van der Waals surface area (Å²) in [7, 11) is 1.31. The van der Waals surface area contributed by atoms with Crippen LogP contribution in [-0.4, -0.2) is 94.9 Å². The molecule has 12 heteroatoms. The summed E-state index contributed by atoms with van der Waals surface area (Å²) in [5, 5.41) is 39.9. The fourth-order valence-corrected chi connectivity index (χ4v) is 9.57. The van der Waals surface area contributed by atoms with Gasteiger partial charge in [0.15, 0.2) is 11.9 Å². The summed E-state index contributed by atoms with van der Waals surface area (Å²) in [5.41, 5.74) is -4.84. The van der Waals surface area contributed by atoms with E-state index in [0.29, 0.717) is 11.1 Å². The lowest BCUT2D eigenvalue weighted by Gasteiger charge is -2.68. The summed E-state index contributed by atoms with van der Waals surface area (Å²) < 4.78 is 24.1. The molecule has 2 aromatic rings. The number of Topliss-reactive ketones (excluding diaryl/α,β-unsaturated/α-hetero) is 1. The number of carbonyl (C=O) groups is 4. The van der Waals surface area contributed by atoms with Gasteiger partial charge in [0.25, 0.3) is 0 Å². The van der Waals surface area contributed by atoms with Gasteiger partial charge in [-0.15, -0.1) is 0 Å². The minimum absolute atomic E-state index is 0.101. The highest BCUT2D eigenvalue weighted by Gasteiger charge is 2.75. The molecular weight excluding hydrogens is 670 g/mol. The molecule has 1 amide bonds. The molecule has 2 saturated carbocycles. The van der Waals surface area contributed by atoms with Crippen LogP contribution in [0.5, 0.6) is 0 Å². The van der Waals surface area contributed by atoms with Crippen LogP contribution in [-0.2, 0) is 33.3 Å². The van der Waals surface area contributed by atoms with Gasteiger partial charge >= 0.3 is 11.9 Å². The second kappa shape index (κ2) is 13.5. The van der Waals surface area contributed by atoms with E-state index in [9.17, 15) is 34.5 Å². The number of aliphatic hydroxyl groups excluding tert-OH is 2. The van der Waals surface area contributed by atoms with Crippen molar-refractivity contribution in [3.05, 3.63) is 82.9 Å². The largest absolute Gasteiger partial charge is 0.456 e. The zero-order valence-corrected chi connectivity index (χ0v) is 30.6. The topological polar surface area (TPSA) is 178 Å². The number of benzene rings is 2. The highest BCUT2D eigenvalue weighted by molar-refractivity contribution is 5.94. The van der Waals surface area contributed by atoms with E-state index in [1.54, 1.807) is 88.4 Å². The second-order valence-corrected chi connectivity index (χ2v) is 15.8. The van der Waals surface area contributed by atoms with Crippen molar-refractivity contribution in [1.29, 1.82) is 0 Å². The Bertz CT molecular complexity index is 1760. The van der Waals surface area contributed by atoms with Crippen molar-refractivity contribution in [1.82, 2.24) is 5.32 Å². The summed E-state index contributed by atoms with van der Waals surface area (Å²) in [4.78, 5) is 55.2. The number of aliphatic hydroxyl groups is 3. The monoisotopic (exact) mass is 719 g/mol. The first-order valence-electron chi connectivity index (χ1n) is 17.7. The number of ether oxygens (including phenoxy) is 4. The fraction of sp³-hybridized carbons (Fsp3) is 0.550. The van der Waals surface area contributed by atoms with E-state index in [-0.39, 0.29) is 30.6 Å². The number of rotatable bonds is 8. The molecule has 6 rings (SSSR count). The Kier molecular flexibility index (Phi) is 9.80. The molecular formula is C40H49NO11. The standard InChI is InChI=1S/C40H49NO11/c1-21-25(51-36(47)31(49-7)29(41-22(2)42)23-14-10-8-11-15-23)19-40(48)34(52-35(46)24-16-12-9-13-17-24)32-38(5)20-50-27(38)18-26(43)39(32,6)33(45)30(44)28(21)37(40,3)4/h8-17,25-27,29-32,34,43-44,48H,18-20H2,1-7H3,(H,41,42)/t25-,26-,27?,29-,30+,31+,32?,34-,38+,39?,40+/m0/s1. The van der Waals surface area contributed by atoms with Crippen LogP contribution in [0.2, 0.25) is 0 Å². The summed E-state index contributed by atoms with van der Waals surface area (Å²) in [6.45, 7) is 9.88. The van der Waals surface area contributed by atoms with Crippen LogP contribution in [0.15, 0.2) is 71.8 Å². The van der Waals surface area contributed by atoms with E-state index in [0.717, 1.165) is 0 Å². The normalized spacial score (nSPS) is 36.1. The molecule has 1 heterocycles. The van der Waals surface area contributed by atoms with Gasteiger partial charge in [0, 0.05) is 43.6 Å². The Balaban J connectivity index is 1.49. The lowest BCUT2D eigenvalue weighted by atomic mass is 9.42. The molecule has 4 N–H and O–H groups in total. The second-order valence-electron chi connectivity index (χ2n) is 15.8. The predicted molar refractivity (Wildman–Crippen MR) is 186 cm³/mol. The maximum Gasteiger partial charge on any atom is 0.338 e. The van der Waals surface area contributed by atoms with E-state index < -0.39 is 94.1 Å². The van der Waals surface area contributed by atoms with Gasteiger partial charge in [-0.2, -0.15) is 0 Å². The molecule has 3 aliphatic carbocycles. The molecule has 52 heavy (non-hydrogen) atoms. The Hall–Kier alpha value is -3.94. The third kappa shape index (κ3) is 5.70. The lowest BCUT2D eigenvalue weighted by molar-refractivity contribution is -0.313. The Morgan fingerprint density at radius 3 is 2.13 bits per heavy atom.